The summed E-state index contributed by atoms with van der Waals surface area (Å²) in [7, 11) is 0. The molecule has 1 aliphatic carbocycles. The Morgan fingerprint density at radius 1 is 1.27 bits per heavy atom. The van der Waals surface area contributed by atoms with Crippen LogP contribution in [0.4, 0.5) is 13.2 Å². The van der Waals surface area contributed by atoms with Gasteiger partial charge in [0, 0.05) is 5.57 Å². The molecule has 1 fully saturated rings. The monoisotopic (exact) mass is 217 g/mol. The second kappa shape index (κ2) is 4.20. The van der Waals surface area contributed by atoms with Crippen molar-refractivity contribution in [2.24, 2.45) is 0 Å². The highest BCUT2D eigenvalue weighted by molar-refractivity contribution is 5.39. The number of allylic oxidation sites excluding steroid dienone is 4. The molecule has 0 spiro atoms. The Bertz CT molecular complexity index is 354. The van der Waals surface area contributed by atoms with Crippen molar-refractivity contribution in [2.75, 3.05) is 6.61 Å². The summed E-state index contributed by atoms with van der Waals surface area (Å²) >= 11 is 0. The van der Waals surface area contributed by atoms with Crippen molar-refractivity contribution in [3.63, 3.8) is 0 Å². The molecule has 1 N–H and O–H groups in total. The van der Waals surface area contributed by atoms with Gasteiger partial charge >= 0.3 is 0 Å². The largest absolute Gasteiger partial charge is 0.301 e. The number of hydrogen-bond donors (Lipinski definition) is 1. The molecule has 1 atom stereocenters. The first-order chi connectivity index (χ1) is 7.18. The third-order valence-corrected chi connectivity index (χ3v) is 2.37. The number of hydroxylamine groups is 1. The number of halogens is 3. The molecule has 1 saturated heterocycles. The summed E-state index contributed by atoms with van der Waals surface area (Å²) in [6.45, 7) is 0.393. The van der Waals surface area contributed by atoms with Gasteiger partial charge in [0.25, 0.3) is 0 Å². The fraction of sp³-hybridized carbons (Fsp3) is 0.400. The maximum Gasteiger partial charge on any atom is 0.130 e. The molecule has 15 heavy (non-hydrogen) atoms. The molecule has 2 rings (SSSR count). The van der Waals surface area contributed by atoms with Crippen molar-refractivity contribution in [2.45, 2.75) is 18.9 Å². The lowest BCUT2D eigenvalue weighted by atomic mass is 10.0. The molecule has 0 radical (unpaired) electrons. The minimum Gasteiger partial charge on any atom is -0.301 e. The van der Waals surface area contributed by atoms with Crippen LogP contribution in [0.25, 0.3) is 0 Å². The van der Waals surface area contributed by atoms with Gasteiger partial charge in [0.15, 0.2) is 0 Å². The summed E-state index contributed by atoms with van der Waals surface area (Å²) < 4.78 is 39.8. The third-order valence-electron chi connectivity index (χ3n) is 2.37. The highest BCUT2D eigenvalue weighted by Crippen LogP contribution is 2.31. The molecule has 1 unspecified atom stereocenters. The van der Waals surface area contributed by atoms with E-state index in [0.717, 1.165) is 12.2 Å². The van der Waals surface area contributed by atoms with Crippen molar-refractivity contribution >= 4 is 0 Å². The van der Waals surface area contributed by atoms with E-state index in [1.807, 2.05) is 0 Å². The lowest BCUT2D eigenvalue weighted by Gasteiger charge is -2.12. The molecule has 1 heterocycles. The van der Waals surface area contributed by atoms with Crippen LogP contribution in [0.2, 0.25) is 0 Å². The van der Waals surface area contributed by atoms with Crippen LogP contribution in [0.15, 0.2) is 35.2 Å². The van der Waals surface area contributed by atoms with E-state index in [1.54, 1.807) is 0 Å². The molecule has 2 aliphatic rings. The standard InChI is InChI=1S/C10H10F3NO/c11-6-1-2-7(12)10(8(13)5-6)9-3-4-15-14-9/h1-2,9,14H,3-5H2. The lowest BCUT2D eigenvalue weighted by molar-refractivity contribution is 0.0925. The van der Waals surface area contributed by atoms with Crippen molar-refractivity contribution in [1.82, 2.24) is 5.48 Å². The first-order valence-corrected chi connectivity index (χ1v) is 4.66. The predicted octanol–water partition coefficient (Wildman–Crippen LogP) is 2.61. The lowest BCUT2D eigenvalue weighted by Crippen LogP contribution is -2.23. The molecule has 0 aromatic rings. The molecule has 0 bridgehead atoms. The summed E-state index contributed by atoms with van der Waals surface area (Å²) in [5.74, 6) is -2.21. The van der Waals surface area contributed by atoms with E-state index >= 15 is 0 Å². The quantitative estimate of drug-likeness (QED) is 0.729. The number of rotatable bonds is 1. The van der Waals surface area contributed by atoms with E-state index in [2.05, 4.69) is 5.48 Å². The highest BCUT2D eigenvalue weighted by atomic mass is 19.1. The van der Waals surface area contributed by atoms with E-state index in [4.69, 9.17) is 4.84 Å². The van der Waals surface area contributed by atoms with E-state index in [0.29, 0.717) is 13.0 Å². The maximum absolute atomic E-state index is 13.5. The SMILES string of the molecule is FC1=CC=C(F)C(C2CCON2)=C(F)C1. The van der Waals surface area contributed by atoms with Crippen LogP contribution in [0, 0.1) is 0 Å². The number of hydrogen-bond acceptors (Lipinski definition) is 2. The predicted molar refractivity (Wildman–Crippen MR) is 48.6 cm³/mol. The zero-order valence-electron chi connectivity index (χ0n) is 7.90. The molecule has 1 aliphatic heterocycles. The van der Waals surface area contributed by atoms with E-state index in [-0.39, 0.29) is 5.57 Å². The Morgan fingerprint density at radius 2 is 2.07 bits per heavy atom. The Morgan fingerprint density at radius 3 is 2.73 bits per heavy atom. The molecule has 82 valence electrons. The fourth-order valence-corrected chi connectivity index (χ4v) is 1.64. The summed E-state index contributed by atoms with van der Waals surface area (Å²) in [4.78, 5) is 4.82. The van der Waals surface area contributed by atoms with Crippen molar-refractivity contribution < 1.29 is 18.0 Å². The molecule has 2 nitrogen and oxygen atoms in total. The highest BCUT2D eigenvalue weighted by Gasteiger charge is 2.27. The molecule has 0 aromatic heterocycles. The second-order valence-electron chi connectivity index (χ2n) is 3.43. The maximum atomic E-state index is 13.5. The van der Waals surface area contributed by atoms with Gasteiger partial charge in [0.2, 0.25) is 0 Å². The minimum absolute atomic E-state index is 0.128. The number of nitrogens with one attached hydrogen (secondary N) is 1. The van der Waals surface area contributed by atoms with E-state index in [1.165, 1.54) is 0 Å². The molecule has 0 amide bonds. The van der Waals surface area contributed by atoms with Crippen LogP contribution in [0.1, 0.15) is 12.8 Å². The first kappa shape index (κ1) is 10.4. The van der Waals surface area contributed by atoms with Crippen molar-refractivity contribution in [3.05, 3.63) is 35.2 Å². The summed E-state index contributed by atoms with van der Waals surface area (Å²) in [6.07, 6.45) is 1.87. The van der Waals surface area contributed by atoms with Crippen molar-refractivity contribution in [1.29, 1.82) is 0 Å². The average Bonchev–Trinajstić information content (AvgIpc) is 2.64. The van der Waals surface area contributed by atoms with Gasteiger partial charge in [-0.3, -0.25) is 0 Å². The zero-order chi connectivity index (χ0) is 10.8. The zero-order valence-corrected chi connectivity index (χ0v) is 7.90. The van der Waals surface area contributed by atoms with Crippen LogP contribution in [0.3, 0.4) is 0 Å². The van der Waals surface area contributed by atoms with Gasteiger partial charge in [0.1, 0.15) is 17.5 Å². The fourth-order valence-electron chi connectivity index (χ4n) is 1.64. The van der Waals surface area contributed by atoms with Gasteiger partial charge in [-0.05, 0) is 18.6 Å². The Labute approximate surface area is 85.1 Å². The van der Waals surface area contributed by atoms with Crippen molar-refractivity contribution in [3.8, 4) is 0 Å². The summed E-state index contributed by atoms with van der Waals surface area (Å²) in [6, 6.07) is -0.527. The average molecular weight is 217 g/mol. The second-order valence-corrected chi connectivity index (χ2v) is 3.43. The van der Waals surface area contributed by atoms with E-state index < -0.39 is 29.9 Å². The molecule has 0 saturated carbocycles. The minimum atomic E-state index is -0.780. The topological polar surface area (TPSA) is 21.3 Å². The van der Waals surface area contributed by atoms with Crippen LogP contribution in [-0.4, -0.2) is 12.6 Å². The van der Waals surface area contributed by atoms with Gasteiger partial charge < -0.3 is 4.84 Å². The van der Waals surface area contributed by atoms with Gasteiger partial charge in [-0.25, -0.2) is 13.2 Å². The van der Waals surface area contributed by atoms with Crippen LogP contribution >= 0.6 is 0 Å². The Balaban J connectivity index is 2.31. The van der Waals surface area contributed by atoms with Gasteiger partial charge in [-0.1, -0.05) is 0 Å². The smallest absolute Gasteiger partial charge is 0.130 e. The van der Waals surface area contributed by atoms with Gasteiger partial charge in [-0.15, -0.1) is 0 Å². The summed E-state index contributed by atoms with van der Waals surface area (Å²) in [5, 5.41) is 0. The van der Waals surface area contributed by atoms with Crippen LogP contribution in [-0.2, 0) is 4.84 Å². The van der Waals surface area contributed by atoms with Gasteiger partial charge in [-0.2, -0.15) is 5.48 Å². The molecular weight excluding hydrogens is 207 g/mol. The van der Waals surface area contributed by atoms with Gasteiger partial charge in [0.05, 0.1) is 19.1 Å². The van der Waals surface area contributed by atoms with E-state index in [9.17, 15) is 13.2 Å². The normalized spacial score (nSPS) is 27.5. The Hall–Kier alpha value is -1.07. The summed E-state index contributed by atoms with van der Waals surface area (Å²) in [5.41, 5.74) is 2.38. The first-order valence-electron chi connectivity index (χ1n) is 4.66. The third kappa shape index (κ3) is 2.13. The van der Waals surface area contributed by atoms with Crippen LogP contribution < -0.4 is 5.48 Å². The molecule has 5 heteroatoms. The molecular formula is C10H10F3NO. The van der Waals surface area contributed by atoms with Crippen LogP contribution in [0.5, 0.6) is 0 Å². The molecule has 0 aromatic carbocycles. The Kier molecular flexibility index (Phi) is 2.93.